The maximum Gasteiger partial charge on any atom is 0.104 e. The number of rotatable bonds is 4. The lowest BCUT2D eigenvalue weighted by Gasteiger charge is -2.13. The van der Waals surface area contributed by atoms with E-state index in [0.29, 0.717) is 6.54 Å². The number of hydrogen-bond donors (Lipinski definition) is 1. The molecule has 1 rings (SSSR count). The summed E-state index contributed by atoms with van der Waals surface area (Å²) in [5, 5.41) is 2.08. The minimum absolute atomic E-state index is 0.0926. The smallest absolute Gasteiger partial charge is 0.104 e. The van der Waals surface area contributed by atoms with E-state index in [2.05, 4.69) is 18.4 Å². The summed E-state index contributed by atoms with van der Waals surface area (Å²) in [5.74, 6) is 0. The fraction of sp³-hybridized carbons (Fsp3) is 0.556. The average Bonchev–Trinajstić information content (AvgIpc) is 2.47. The number of hydrogen-bond acceptors (Lipinski definition) is 3. The Morgan fingerprint density at radius 3 is 2.83 bits per heavy atom. The number of nitrogens with two attached hydrogens (primary N) is 1. The fourth-order valence-corrected chi connectivity index (χ4v) is 2.15. The molecule has 0 amide bonds. The normalized spacial score (nSPS) is 13.2. The van der Waals surface area contributed by atoms with Crippen molar-refractivity contribution in [1.82, 2.24) is 0 Å². The van der Waals surface area contributed by atoms with Crippen molar-refractivity contribution in [1.29, 1.82) is 0 Å². The molecule has 2 N–H and O–H groups in total. The molecule has 1 aromatic heterocycles. The molecule has 12 heavy (non-hydrogen) atoms. The highest BCUT2D eigenvalue weighted by atomic mass is 32.1. The van der Waals surface area contributed by atoms with Gasteiger partial charge < -0.3 is 10.5 Å². The van der Waals surface area contributed by atoms with E-state index in [4.69, 9.17) is 10.5 Å². The zero-order valence-corrected chi connectivity index (χ0v) is 8.36. The predicted molar refractivity (Wildman–Crippen MR) is 52.5 cm³/mol. The van der Waals surface area contributed by atoms with E-state index in [9.17, 15) is 0 Å². The van der Waals surface area contributed by atoms with Gasteiger partial charge in [0.2, 0.25) is 0 Å². The van der Waals surface area contributed by atoms with Crippen LogP contribution in [-0.2, 0) is 4.74 Å². The third-order valence-electron chi connectivity index (χ3n) is 1.78. The maximum atomic E-state index is 5.60. The lowest BCUT2D eigenvalue weighted by atomic mass is 10.2. The van der Waals surface area contributed by atoms with Crippen molar-refractivity contribution in [3.8, 4) is 0 Å². The van der Waals surface area contributed by atoms with Gasteiger partial charge in [-0.1, -0.05) is 0 Å². The third kappa shape index (κ3) is 2.06. The van der Waals surface area contributed by atoms with Crippen LogP contribution in [0.15, 0.2) is 11.4 Å². The topological polar surface area (TPSA) is 35.2 Å². The van der Waals surface area contributed by atoms with Crippen LogP contribution in [0.2, 0.25) is 0 Å². The van der Waals surface area contributed by atoms with E-state index in [-0.39, 0.29) is 6.10 Å². The molecule has 1 unspecified atom stereocenters. The van der Waals surface area contributed by atoms with Crippen LogP contribution in [0.1, 0.15) is 23.5 Å². The van der Waals surface area contributed by atoms with E-state index in [0.717, 1.165) is 6.61 Å². The van der Waals surface area contributed by atoms with Crippen molar-refractivity contribution in [2.75, 3.05) is 13.2 Å². The quantitative estimate of drug-likeness (QED) is 0.779. The van der Waals surface area contributed by atoms with Crippen molar-refractivity contribution in [2.24, 2.45) is 5.73 Å². The lowest BCUT2D eigenvalue weighted by Crippen LogP contribution is -2.15. The van der Waals surface area contributed by atoms with Gasteiger partial charge in [-0.25, -0.2) is 0 Å². The zero-order valence-electron chi connectivity index (χ0n) is 7.54. The molecular formula is C9H15NOS. The van der Waals surface area contributed by atoms with Crippen LogP contribution in [-0.4, -0.2) is 13.2 Å². The molecule has 0 aliphatic heterocycles. The molecule has 68 valence electrons. The number of thiophene rings is 1. The Bertz CT molecular complexity index is 234. The van der Waals surface area contributed by atoms with Gasteiger partial charge in [0, 0.05) is 18.0 Å². The second-order valence-electron chi connectivity index (χ2n) is 2.65. The van der Waals surface area contributed by atoms with Gasteiger partial charge in [0.1, 0.15) is 6.10 Å². The van der Waals surface area contributed by atoms with Gasteiger partial charge in [-0.2, -0.15) is 0 Å². The van der Waals surface area contributed by atoms with E-state index in [1.165, 1.54) is 10.4 Å². The van der Waals surface area contributed by atoms with Gasteiger partial charge in [0.25, 0.3) is 0 Å². The first kappa shape index (κ1) is 9.71. The van der Waals surface area contributed by atoms with Crippen molar-refractivity contribution in [3.05, 3.63) is 21.9 Å². The molecule has 0 radical (unpaired) electrons. The molecule has 2 nitrogen and oxygen atoms in total. The average molecular weight is 185 g/mol. The minimum atomic E-state index is 0.0926. The Kier molecular flexibility index (Phi) is 3.72. The van der Waals surface area contributed by atoms with Gasteiger partial charge in [0.15, 0.2) is 0 Å². The predicted octanol–water partition coefficient (Wildman–Crippen LogP) is 2.09. The van der Waals surface area contributed by atoms with Gasteiger partial charge in [-0.15, -0.1) is 11.3 Å². The molecule has 0 saturated carbocycles. The standard InChI is InChI=1S/C9H15NOS/c1-3-11-8(6-10)9-7(2)4-5-12-9/h4-5,8H,3,6,10H2,1-2H3. The molecule has 0 fully saturated rings. The van der Waals surface area contributed by atoms with Crippen LogP contribution >= 0.6 is 11.3 Å². The Morgan fingerprint density at radius 1 is 1.67 bits per heavy atom. The van der Waals surface area contributed by atoms with Crippen LogP contribution in [0.5, 0.6) is 0 Å². The van der Waals surface area contributed by atoms with Crippen LogP contribution in [0.4, 0.5) is 0 Å². The Labute approximate surface area is 77.3 Å². The molecule has 0 aliphatic carbocycles. The highest BCUT2D eigenvalue weighted by molar-refractivity contribution is 7.10. The second kappa shape index (κ2) is 4.60. The van der Waals surface area contributed by atoms with E-state index < -0.39 is 0 Å². The summed E-state index contributed by atoms with van der Waals surface area (Å²) < 4.78 is 5.50. The van der Waals surface area contributed by atoms with E-state index >= 15 is 0 Å². The summed E-state index contributed by atoms with van der Waals surface area (Å²) in [6.45, 7) is 5.37. The van der Waals surface area contributed by atoms with Crippen LogP contribution in [0, 0.1) is 6.92 Å². The first-order valence-electron chi connectivity index (χ1n) is 4.15. The maximum absolute atomic E-state index is 5.60. The van der Waals surface area contributed by atoms with Crippen LogP contribution in [0.25, 0.3) is 0 Å². The molecular weight excluding hydrogens is 170 g/mol. The minimum Gasteiger partial charge on any atom is -0.372 e. The van der Waals surface area contributed by atoms with Crippen LogP contribution in [0.3, 0.4) is 0 Å². The third-order valence-corrected chi connectivity index (χ3v) is 2.89. The van der Waals surface area contributed by atoms with Gasteiger partial charge in [0.05, 0.1) is 0 Å². The molecule has 3 heteroatoms. The van der Waals surface area contributed by atoms with E-state index in [1.54, 1.807) is 11.3 Å². The highest BCUT2D eigenvalue weighted by Gasteiger charge is 2.12. The van der Waals surface area contributed by atoms with Gasteiger partial charge >= 0.3 is 0 Å². The number of aryl methyl sites for hydroxylation is 1. The molecule has 0 saturated heterocycles. The molecule has 1 aromatic rings. The molecule has 1 heterocycles. The first-order chi connectivity index (χ1) is 5.79. The molecule has 0 bridgehead atoms. The summed E-state index contributed by atoms with van der Waals surface area (Å²) >= 11 is 1.72. The molecule has 1 atom stereocenters. The van der Waals surface area contributed by atoms with Crippen molar-refractivity contribution in [2.45, 2.75) is 20.0 Å². The highest BCUT2D eigenvalue weighted by Crippen LogP contribution is 2.25. The largest absolute Gasteiger partial charge is 0.372 e. The number of ether oxygens (including phenoxy) is 1. The summed E-state index contributed by atoms with van der Waals surface area (Å²) in [5.41, 5.74) is 6.88. The van der Waals surface area contributed by atoms with Crippen molar-refractivity contribution >= 4 is 11.3 Å². The zero-order chi connectivity index (χ0) is 8.97. The summed E-state index contributed by atoms with van der Waals surface area (Å²) in [6, 6.07) is 2.10. The van der Waals surface area contributed by atoms with Gasteiger partial charge in [-0.05, 0) is 30.9 Å². The van der Waals surface area contributed by atoms with Crippen molar-refractivity contribution in [3.63, 3.8) is 0 Å². The van der Waals surface area contributed by atoms with E-state index in [1.807, 2.05) is 6.92 Å². The molecule has 0 spiro atoms. The summed E-state index contributed by atoms with van der Waals surface area (Å²) in [4.78, 5) is 1.26. The Balaban J connectivity index is 2.72. The molecule has 0 aliphatic rings. The molecule has 0 aromatic carbocycles. The fourth-order valence-electron chi connectivity index (χ4n) is 1.17. The summed E-state index contributed by atoms with van der Waals surface area (Å²) in [6.07, 6.45) is 0.0926. The second-order valence-corrected chi connectivity index (χ2v) is 3.60. The lowest BCUT2D eigenvalue weighted by molar-refractivity contribution is 0.0710. The van der Waals surface area contributed by atoms with Gasteiger partial charge in [-0.3, -0.25) is 0 Å². The SMILES string of the molecule is CCOC(CN)c1sccc1C. The van der Waals surface area contributed by atoms with Crippen molar-refractivity contribution < 1.29 is 4.74 Å². The Morgan fingerprint density at radius 2 is 2.42 bits per heavy atom. The Hall–Kier alpha value is -0.380. The monoisotopic (exact) mass is 185 g/mol. The van der Waals surface area contributed by atoms with Crippen LogP contribution < -0.4 is 5.73 Å². The summed E-state index contributed by atoms with van der Waals surface area (Å²) in [7, 11) is 0. The first-order valence-corrected chi connectivity index (χ1v) is 5.03.